The van der Waals surface area contributed by atoms with E-state index in [4.69, 9.17) is 0 Å². The van der Waals surface area contributed by atoms with Gasteiger partial charge in [0.15, 0.2) is 0 Å². The minimum absolute atomic E-state index is 0.00846. The van der Waals surface area contributed by atoms with Crippen molar-refractivity contribution in [3.63, 3.8) is 0 Å². The van der Waals surface area contributed by atoms with Crippen molar-refractivity contribution in [3.8, 4) is 0 Å². The van der Waals surface area contributed by atoms with Gasteiger partial charge in [-0.2, -0.15) is 13.2 Å². The van der Waals surface area contributed by atoms with Gasteiger partial charge in [-0.05, 0) is 44.4 Å². The van der Waals surface area contributed by atoms with Gasteiger partial charge >= 0.3 is 6.18 Å². The number of aliphatic hydroxyl groups excluding tert-OH is 1. The Kier molecular flexibility index (Phi) is 4.94. The zero-order valence-corrected chi connectivity index (χ0v) is 12.5. The second-order valence-electron chi connectivity index (χ2n) is 6.02. The molecule has 5 heteroatoms. The van der Waals surface area contributed by atoms with Gasteiger partial charge in [0.25, 0.3) is 0 Å². The van der Waals surface area contributed by atoms with E-state index in [0.29, 0.717) is 13.0 Å². The normalized spacial score (nSPS) is 22.3. The molecule has 1 heterocycles. The molecule has 1 aromatic rings. The van der Waals surface area contributed by atoms with Crippen molar-refractivity contribution < 1.29 is 18.3 Å². The lowest BCUT2D eigenvalue weighted by atomic mass is 9.96. The molecule has 2 atom stereocenters. The third kappa shape index (κ3) is 4.20. The molecule has 2 rings (SSSR count). The number of hydrogen-bond donors (Lipinski definition) is 1. The molecule has 0 spiro atoms. The third-order valence-corrected chi connectivity index (χ3v) is 4.18. The number of hydrogen-bond acceptors (Lipinski definition) is 2. The van der Waals surface area contributed by atoms with Gasteiger partial charge in [-0.1, -0.05) is 23.8 Å². The molecular weight excluding hydrogens is 279 g/mol. The van der Waals surface area contributed by atoms with Crippen molar-refractivity contribution in [1.82, 2.24) is 4.90 Å². The summed E-state index contributed by atoms with van der Waals surface area (Å²) in [4.78, 5) is 1.73. The van der Waals surface area contributed by atoms with E-state index in [-0.39, 0.29) is 19.5 Å². The highest BCUT2D eigenvalue weighted by Gasteiger charge is 2.41. The summed E-state index contributed by atoms with van der Waals surface area (Å²) in [6.07, 6.45) is -4.15. The fourth-order valence-corrected chi connectivity index (χ4v) is 3.03. The van der Waals surface area contributed by atoms with Gasteiger partial charge < -0.3 is 5.11 Å². The van der Waals surface area contributed by atoms with E-state index in [9.17, 15) is 18.3 Å². The maximum absolute atomic E-state index is 12.8. The Morgan fingerprint density at radius 1 is 1.33 bits per heavy atom. The van der Waals surface area contributed by atoms with Crippen molar-refractivity contribution in [1.29, 1.82) is 0 Å². The van der Waals surface area contributed by atoms with Crippen LogP contribution in [-0.2, 0) is 0 Å². The molecule has 1 aliphatic rings. The van der Waals surface area contributed by atoms with E-state index in [1.54, 1.807) is 4.90 Å². The van der Waals surface area contributed by atoms with E-state index in [0.717, 1.165) is 16.7 Å². The second-order valence-corrected chi connectivity index (χ2v) is 6.02. The highest BCUT2D eigenvalue weighted by molar-refractivity contribution is 5.32. The van der Waals surface area contributed by atoms with Crippen LogP contribution in [0.5, 0.6) is 0 Å². The lowest BCUT2D eigenvalue weighted by molar-refractivity contribution is -0.187. The fourth-order valence-electron chi connectivity index (χ4n) is 3.03. The predicted molar refractivity (Wildman–Crippen MR) is 76.1 cm³/mol. The molecule has 0 amide bonds. The summed E-state index contributed by atoms with van der Waals surface area (Å²) < 4.78 is 38.4. The minimum Gasteiger partial charge on any atom is -0.387 e. The number of halogens is 3. The molecule has 118 valence electrons. The van der Waals surface area contributed by atoms with Crippen LogP contribution in [0.2, 0.25) is 0 Å². The van der Waals surface area contributed by atoms with Crippen molar-refractivity contribution in [3.05, 3.63) is 34.9 Å². The van der Waals surface area contributed by atoms with Crippen LogP contribution >= 0.6 is 0 Å². The van der Waals surface area contributed by atoms with Crippen LogP contribution in [0.3, 0.4) is 0 Å². The Morgan fingerprint density at radius 3 is 2.67 bits per heavy atom. The number of alkyl halides is 3. The zero-order chi connectivity index (χ0) is 15.6. The van der Waals surface area contributed by atoms with Crippen LogP contribution < -0.4 is 0 Å². The molecule has 1 fully saturated rings. The number of aliphatic hydroxyl groups is 1. The highest BCUT2D eigenvalue weighted by Crippen LogP contribution is 2.33. The van der Waals surface area contributed by atoms with Gasteiger partial charge in [0.1, 0.15) is 0 Å². The average Bonchev–Trinajstić information content (AvgIpc) is 2.37. The molecule has 1 saturated heterocycles. The van der Waals surface area contributed by atoms with Crippen LogP contribution in [0.4, 0.5) is 13.2 Å². The molecule has 21 heavy (non-hydrogen) atoms. The smallest absolute Gasteiger partial charge is 0.387 e. The largest absolute Gasteiger partial charge is 0.393 e. The molecule has 0 radical (unpaired) electrons. The Hall–Kier alpha value is -1.07. The van der Waals surface area contributed by atoms with E-state index in [2.05, 4.69) is 0 Å². The Bertz CT molecular complexity index is 487. The molecule has 2 unspecified atom stereocenters. The number of aryl methyl sites for hydroxylation is 2. The molecule has 0 aliphatic carbocycles. The number of benzene rings is 1. The van der Waals surface area contributed by atoms with E-state index in [1.807, 2.05) is 32.0 Å². The average molecular weight is 301 g/mol. The summed E-state index contributed by atoms with van der Waals surface area (Å²) in [5.41, 5.74) is 2.89. The summed E-state index contributed by atoms with van der Waals surface area (Å²) in [5, 5.41) is 10.3. The number of rotatable bonds is 3. The van der Waals surface area contributed by atoms with Crippen molar-refractivity contribution >= 4 is 0 Å². The summed E-state index contributed by atoms with van der Waals surface area (Å²) >= 11 is 0. The topological polar surface area (TPSA) is 23.5 Å². The maximum atomic E-state index is 12.8. The molecule has 1 N–H and O–H groups in total. The molecule has 0 saturated carbocycles. The first-order chi connectivity index (χ1) is 9.77. The van der Waals surface area contributed by atoms with Crippen molar-refractivity contribution in [2.45, 2.75) is 39.0 Å². The molecule has 1 aromatic carbocycles. The predicted octanol–water partition coefficient (Wildman–Crippen LogP) is 3.61. The first kappa shape index (κ1) is 16.3. The van der Waals surface area contributed by atoms with Crippen LogP contribution in [0.1, 0.15) is 35.6 Å². The maximum Gasteiger partial charge on any atom is 0.393 e. The molecule has 0 bridgehead atoms. The van der Waals surface area contributed by atoms with Gasteiger partial charge in [0.2, 0.25) is 0 Å². The minimum atomic E-state index is -4.14. The standard InChI is InChI=1S/C16H22F3NO/c1-11-5-6-14(12(2)8-11)15(21)10-20-7-3-4-13(9-20)16(17,18)19/h5-6,8,13,15,21H,3-4,7,9-10H2,1-2H3. The van der Waals surface area contributed by atoms with Crippen molar-refractivity contribution in [2.24, 2.45) is 5.92 Å². The second kappa shape index (κ2) is 6.36. The van der Waals surface area contributed by atoms with Crippen LogP contribution in [0.25, 0.3) is 0 Å². The first-order valence-corrected chi connectivity index (χ1v) is 7.31. The zero-order valence-electron chi connectivity index (χ0n) is 12.5. The number of piperidine rings is 1. The Labute approximate surface area is 123 Å². The quantitative estimate of drug-likeness (QED) is 0.922. The summed E-state index contributed by atoms with van der Waals surface area (Å²) in [5.74, 6) is -1.27. The van der Waals surface area contributed by atoms with Gasteiger partial charge in [-0.25, -0.2) is 0 Å². The SMILES string of the molecule is Cc1ccc(C(O)CN2CCCC(C(F)(F)F)C2)c(C)c1. The molecule has 1 aliphatic heterocycles. The van der Waals surface area contributed by atoms with Crippen LogP contribution in [-0.4, -0.2) is 35.8 Å². The monoisotopic (exact) mass is 301 g/mol. The Balaban J connectivity index is 2.00. The lowest BCUT2D eigenvalue weighted by Crippen LogP contribution is -2.43. The van der Waals surface area contributed by atoms with Gasteiger partial charge in [0, 0.05) is 13.1 Å². The van der Waals surface area contributed by atoms with E-state index in [1.165, 1.54) is 0 Å². The van der Waals surface area contributed by atoms with E-state index >= 15 is 0 Å². The third-order valence-electron chi connectivity index (χ3n) is 4.18. The summed E-state index contributed by atoms with van der Waals surface area (Å²) in [6.45, 7) is 4.76. The highest BCUT2D eigenvalue weighted by atomic mass is 19.4. The van der Waals surface area contributed by atoms with Crippen LogP contribution in [0.15, 0.2) is 18.2 Å². The number of likely N-dealkylation sites (tertiary alicyclic amines) is 1. The molecular formula is C16H22F3NO. The van der Waals surface area contributed by atoms with Crippen LogP contribution in [0, 0.1) is 19.8 Å². The van der Waals surface area contributed by atoms with Gasteiger partial charge in [0.05, 0.1) is 12.0 Å². The van der Waals surface area contributed by atoms with Gasteiger partial charge in [-0.15, -0.1) is 0 Å². The number of nitrogens with zero attached hydrogens (tertiary/aromatic N) is 1. The van der Waals surface area contributed by atoms with E-state index < -0.39 is 18.2 Å². The van der Waals surface area contributed by atoms with Gasteiger partial charge in [-0.3, -0.25) is 4.90 Å². The van der Waals surface area contributed by atoms with Crippen molar-refractivity contribution in [2.75, 3.05) is 19.6 Å². The fraction of sp³-hybridized carbons (Fsp3) is 0.625. The lowest BCUT2D eigenvalue weighted by Gasteiger charge is -2.35. The Morgan fingerprint density at radius 2 is 2.05 bits per heavy atom. The first-order valence-electron chi connectivity index (χ1n) is 7.31. The molecule has 2 nitrogen and oxygen atoms in total. The summed E-state index contributed by atoms with van der Waals surface area (Å²) in [6, 6.07) is 5.76. The summed E-state index contributed by atoms with van der Waals surface area (Å²) in [7, 11) is 0. The number of β-amino-alcohol motifs (C(OH)–C–C–N with tert-alkyl or cyclic N) is 1. The molecule has 0 aromatic heterocycles.